The van der Waals surface area contributed by atoms with E-state index in [2.05, 4.69) is 33.0 Å². The largest absolute Gasteiger partial charge is 0.312 e. The zero-order chi connectivity index (χ0) is 11.6. The van der Waals surface area contributed by atoms with Crippen molar-refractivity contribution in [1.82, 2.24) is 5.32 Å². The van der Waals surface area contributed by atoms with Crippen molar-refractivity contribution in [2.45, 2.75) is 84.6 Å². The number of rotatable bonds is 10. The lowest BCUT2D eigenvalue weighted by Crippen LogP contribution is -2.39. The molecule has 0 radical (unpaired) electrons. The van der Waals surface area contributed by atoms with E-state index in [1.54, 1.807) is 0 Å². The minimum Gasteiger partial charge on any atom is -0.312 e. The summed E-state index contributed by atoms with van der Waals surface area (Å²) in [7, 11) is 0. The van der Waals surface area contributed by atoms with Crippen molar-refractivity contribution in [1.29, 1.82) is 0 Å². The lowest BCUT2D eigenvalue weighted by Gasteiger charge is -2.26. The van der Waals surface area contributed by atoms with Gasteiger partial charge in [0, 0.05) is 5.54 Å². The van der Waals surface area contributed by atoms with Gasteiger partial charge in [0.25, 0.3) is 0 Å². The van der Waals surface area contributed by atoms with Crippen LogP contribution in [0, 0.1) is 0 Å². The lowest BCUT2D eigenvalue weighted by molar-refractivity contribution is 0.348. The molecule has 0 saturated carbocycles. The van der Waals surface area contributed by atoms with Gasteiger partial charge in [0.2, 0.25) is 0 Å². The second-order valence-corrected chi connectivity index (χ2v) is 5.33. The van der Waals surface area contributed by atoms with Crippen molar-refractivity contribution in [3.63, 3.8) is 0 Å². The molecule has 0 heterocycles. The van der Waals surface area contributed by atoms with Crippen LogP contribution in [0.2, 0.25) is 0 Å². The minimum atomic E-state index is 0.348. The summed E-state index contributed by atoms with van der Waals surface area (Å²) in [5.74, 6) is 0. The molecule has 0 rings (SSSR count). The first-order valence-electron chi connectivity index (χ1n) is 6.87. The van der Waals surface area contributed by atoms with E-state index in [1.165, 1.54) is 51.4 Å². The smallest absolute Gasteiger partial charge is 0.0125 e. The molecule has 0 spiro atoms. The third-order valence-corrected chi connectivity index (χ3v) is 3.01. The zero-order valence-electron chi connectivity index (χ0n) is 11.4. The Labute approximate surface area is 97.0 Å². The molecule has 0 aliphatic rings. The maximum Gasteiger partial charge on any atom is 0.0125 e. The Morgan fingerprint density at radius 2 is 1.40 bits per heavy atom. The van der Waals surface area contributed by atoms with Crippen LogP contribution in [0.5, 0.6) is 0 Å². The Bertz CT molecular complexity index is 129. The molecule has 0 aliphatic carbocycles. The van der Waals surface area contributed by atoms with Crippen molar-refractivity contribution >= 4 is 0 Å². The number of unbranched alkanes of at least 4 members (excludes halogenated alkanes) is 5. The van der Waals surface area contributed by atoms with Crippen LogP contribution < -0.4 is 5.32 Å². The summed E-state index contributed by atoms with van der Waals surface area (Å²) in [6.45, 7) is 10.3. The van der Waals surface area contributed by atoms with Crippen LogP contribution in [0.3, 0.4) is 0 Å². The highest BCUT2D eigenvalue weighted by molar-refractivity contribution is 4.76. The molecule has 0 amide bonds. The van der Waals surface area contributed by atoms with Crippen molar-refractivity contribution in [2.24, 2.45) is 0 Å². The van der Waals surface area contributed by atoms with Gasteiger partial charge < -0.3 is 5.32 Å². The van der Waals surface area contributed by atoms with E-state index < -0.39 is 0 Å². The van der Waals surface area contributed by atoms with Crippen molar-refractivity contribution in [2.75, 3.05) is 6.54 Å². The second kappa shape index (κ2) is 9.21. The molecule has 0 aromatic carbocycles. The van der Waals surface area contributed by atoms with Crippen LogP contribution in [0.4, 0.5) is 0 Å². The first kappa shape index (κ1) is 15.0. The average molecular weight is 213 g/mol. The van der Waals surface area contributed by atoms with E-state index in [0.717, 1.165) is 6.54 Å². The molecule has 1 N–H and O–H groups in total. The summed E-state index contributed by atoms with van der Waals surface area (Å²) in [4.78, 5) is 0. The fourth-order valence-corrected chi connectivity index (χ4v) is 1.90. The van der Waals surface area contributed by atoms with E-state index in [9.17, 15) is 0 Å². The van der Waals surface area contributed by atoms with Gasteiger partial charge in [-0.25, -0.2) is 0 Å². The number of hydrogen-bond donors (Lipinski definition) is 1. The topological polar surface area (TPSA) is 12.0 Å². The predicted octanol–water partition coefficient (Wildman–Crippen LogP) is 4.52. The van der Waals surface area contributed by atoms with E-state index in [1.807, 2.05) is 0 Å². The Balaban J connectivity index is 3.32. The van der Waals surface area contributed by atoms with Gasteiger partial charge >= 0.3 is 0 Å². The van der Waals surface area contributed by atoms with Crippen molar-refractivity contribution < 1.29 is 0 Å². The Morgan fingerprint density at radius 3 is 2.00 bits per heavy atom. The molecule has 0 saturated heterocycles. The highest BCUT2D eigenvalue weighted by atomic mass is 14.9. The Kier molecular flexibility index (Phi) is 9.18. The van der Waals surface area contributed by atoms with Crippen molar-refractivity contribution in [3.8, 4) is 0 Å². The SMILES string of the molecule is CCCCCCCCC(C)(C)NCCC. The molecule has 0 unspecified atom stereocenters. The Morgan fingerprint density at radius 1 is 0.800 bits per heavy atom. The third-order valence-electron chi connectivity index (χ3n) is 3.01. The standard InChI is InChI=1S/C14H31N/c1-5-7-8-9-10-11-12-14(3,4)15-13-6-2/h15H,5-13H2,1-4H3. The maximum absolute atomic E-state index is 3.61. The normalized spacial score (nSPS) is 12.0. The molecule has 0 fully saturated rings. The summed E-state index contributed by atoms with van der Waals surface area (Å²) in [5, 5.41) is 3.61. The predicted molar refractivity (Wildman–Crippen MR) is 70.4 cm³/mol. The second-order valence-electron chi connectivity index (χ2n) is 5.33. The van der Waals surface area contributed by atoms with Gasteiger partial charge in [-0.15, -0.1) is 0 Å². The van der Waals surface area contributed by atoms with Gasteiger partial charge in [-0.3, -0.25) is 0 Å². The van der Waals surface area contributed by atoms with Gasteiger partial charge in [0.1, 0.15) is 0 Å². The summed E-state index contributed by atoms with van der Waals surface area (Å²) in [5.41, 5.74) is 0.348. The summed E-state index contributed by atoms with van der Waals surface area (Å²) in [6, 6.07) is 0. The van der Waals surface area contributed by atoms with E-state index >= 15 is 0 Å². The van der Waals surface area contributed by atoms with Crippen LogP contribution >= 0.6 is 0 Å². The van der Waals surface area contributed by atoms with Crippen LogP contribution in [-0.2, 0) is 0 Å². The third kappa shape index (κ3) is 10.2. The summed E-state index contributed by atoms with van der Waals surface area (Å²) in [6.07, 6.45) is 11.0. The molecule has 0 aromatic heterocycles. The molecule has 92 valence electrons. The van der Waals surface area contributed by atoms with Gasteiger partial charge in [0.05, 0.1) is 0 Å². The lowest BCUT2D eigenvalue weighted by atomic mass is 9.96. The van der Waals surface area contributed by atoms with Crippen LogP contribution in [0.1, 0.15) is 79.1 Å². The molecule has 1 heteroatoms. The monoisotopic (exact) mass is 213 g/mol. The van der Waals surface area contributed by atoms with Crippen LogP contribution in [0.25, 0.3) is 0 Å². The minimum absolute atomic E-state index is 0.348. The fourth-order valence-electron chi connectivity index (χ4n) is 1.90. The summed E-state index contributed by atoms with van der Waals surface area (Å²) >= 11 is 0. The van der Waals surface area contributed by atoms with Gasteiger partial charge in [0.15, 0.2) is 0 Å². The molecule has 0 aromatic rings. The number of hydrogen-bond acceptors (Lipinski definition) is 1. The number of nitrogens with one attached hydrogen (secondary N) is 1. The van der Waals surface area contributed by atoms with E-state index in [-0.39, 0.29) is 0 Å². The summed E-state index contributed by atoms with van der Waals surface area (Å²) < 4.78 is 0. The van der Waals surface area contributed by atoms with E-state index in [0.29, 0.717) is 5.54 Å². The molecule has 0 atom stereocenters. The first-order chi connectivity index (χ1) is 7.12. The first-order valence-corrected chi connectivity index (χ1v) is 6.87. The molecule has 15 heavy (non-hydrogen) atoms. The molecule has 1 nitrogen and oxygen atoms in total. The van der Waals surface area contributed by atoms with Crippen LogP contribution in [0.15, 0.2) is 0 Å². The highest BCUT2D eigenvalue weighted by Crippen LogP contribution is 2.15. The molecular formula is C14H31N. The van der Waals surface area contributed by atoms with Gasteiger partial charge in [-0.2, -0.15) is 0 Å². The maximum atomic E-state index is 3.61. The molecule has 0 aliphatic heterocycles. The quantitative estimate of drug-likeness (QED) is 0.526. The van der Waals surface area contributed by atoms with Crippen molar-refractivity contribution in [3.05, 3.63) is 0 Å². The fraction of sp³-hybridized carbons (Fsp3) is 1.00. The molecular weight excluding hydrogens is 182 g/mol. The average Bonchev–Trinajstić information content (AvgIpc) is 2.20. The van der Waals surface area contributed by atoms with Gasteiger partial charge in [-0.05, 0) is 33.2 Å². The molecule has 0 bridgehead atoms. The van der Waals surface area contributed by atoms with E-state index in [4.69, 9.17) is 0 Å². The zero-order valence-corrected chi connectivity index (χ0v) is 11.4. The van der Waals surface area contributed by atoms with Crippen LogP contribution in [-0.4, -0.2) is 12.1 Å². The van der Waals surface area contributed by atoms with Gasteiger partial charge in [-0.1, -0.05) is 52.4 Å². The highest BCUT2D eigenvalue weighted by Gasteiger charge is 2.14. The Hall–Kier alpha value is -0.0400.